The highest BCUT2D eigenvalue weighted by atomic mass is 32.2. The average molecular weight is 444 g/mol. The zero-order valence-electron chi connectivity index (χ0n) is 17.6. The molecule has 0 N–H and O–H groups in total. The van der Waals surface area contributed by atoms with Gasteiger partial charge in [0.25, 0.3) is 5.69 Å². The third kappa shape index (κ3) is 5.07. The Morgan fingerprint density at radius 3 is 2.19 bits per heavy atom. The second kappa shape index (κ2) is 9.53. The Bertz CT molecular complexity index is 1250. The van der Waals surface area contributed by atoms with Crippen molar-refractivity contribution in [2.24, 2.45) is 4.99 Å². The molecule has 7 heteroatoms. The van der Waals surface area contributed by atoms with E-state index in [1.165, 1.54) is 12.1 Å². The van der Waals surface area contributed by atoms with Crippen LogP contribution in [0.4, 0.5) is 11.4 Å². The quantitative estimate of drug-likeness (QED) is 0.183. The molecule has 0 spiro atoms. The predicted octanol–water partition coefficient (Wildman–Crippen LogP) is 6.60. The molecule has 0 radical (unpaired) electrons. The monoisotopic (exact) mass is 443 g/mol. The Hall–Kier alpha value is -3.84. The second-order valence-electron chi connectivity index (χ2n) is 7.09. The lowest BCUT2D eigenvalue weighted by atomic mass is 10.3. The van der Waals surface area contributed by atoms with Crippen LogP contribution >= 0.6 is 11.8 Å². The minimum absolute atomic E-state index is 0.0927. The zero-order valence-corrected chi connectivity index (χ0v) is 18.5. The summed E-state index contributed by atoms with van der Waals surface area (Å²) < 4.78 is 7.34. The summed E-state index contributed by atoms with van der Waals surface area (Å²) in [6, 6.07) is 24.5. The van der Waals surface area contributed by atoms with Gasteiger partial charge < -0.3 is 9.30 Å². The van der Waals surface area contributed by atoms with Gasteiger partial charge in [-0.3, -0.25) is 15.1 Å². The molecule has 0 fully saturated rings. The van der Waals surface area contributed by atoms with Crippen LogP contribution in [0.25, 0.3) is 5.69 Å². The van der Waals surface area contributed by atoms with Gasteiger partial charge in [0, 0.05) is 51.3 Å². The van der Waals surface area contributed by atoms with Gasteiger partial charge in [-0.1, -0.05) is 11.8 Å². The Morgan fingerprint density at radius 1 is 0.969 bits per heavy atom. The summed E-state index contributed by atoms with van der Waals surface area (Å²) in [6.45, 7) is 2.06. The molecular weight excluding hydrogens is 422 g/mol. The molecule has 0 unspecified atom stereocenters. The molecule has 1 aromatic heterocycles. The molecular formula is C25H21N3O3S. The molecule has 0 saturated carbocycles. The van der Waals surface area contributed by atoms with Crippen molar-refractivity contribution in [1.82, 2.24) is 4.57 Å². The number of benzene rings is 3. The fourth-order valence-corrected chi connectivity index (χ4v) is 4.03. The van der Waals surface area contributed by atoms with Crippen LogP contribution in [0.2, 0.25) is 0 Å². The van der Waals surface area contributed by atoms with E-state index in [-0.39, 0.29) is 5.69 Å². The lowest BCUT2D eigenvalue weighted by Crippen LogP contribution is -1.94. The van der Waals surface area contributed by atoms with E-state index in [1.54, 1.807) is 31.0 Å². The molecule has 6 nitrogen and oxygen atoms in total. The molecule has 1 heterocycles. The first-order valence-corrected chi connectivity index (χ1v) is 10.7. The van der Waals surface area contributed by atoms with Crippen molar-refractivity contribution in [1.29, 1.82) is 0 Å². The van der Waals surface area contributed by atoms with Crippen LogP contribution in [0.1, 0.15) is 11.3 Å². The summed E-state index contributed by atoms with van der Waals surface area (Å²) >= 11 is 1.55. The Morgan fingerprint density at radius 2 is 1.59 bits per heavy atom. The van der Waals surface area contributed by atoms with Crippen LogP contribution in [0.15, 0.2) is 99.8 Å². The van der Waals surface area contributed by atoms with Gasteiger partial charge in [0.05, 0.1) is 17.7 Å². The molecule has 0 aliphatic carbocycles. The molecule has 0 saturated heterocycles. The number of methoxy groups -OCH3 is 1. The fraction of sp³-hybridized carbons (Fsp3) is 0.0800. The number of aryl methyl sites for hydroxylation is 1. The molecule has 0 aliphatic rings. The highest BCUT2D eigenvalue weighted by molar-refractivity contribution is 7.99. The fourth-order valence-electron chi connectivity index (χ4n) is 3.21. The summed E-state index contributed by atoms with van der Waals surface area (Å²) in [5, 5.41) is 10.8. The smallest absolute Gasteiger partial charge is 0.269 e. The first-order chi connectivity index (χ1) is 15.5. The van der Waals surface area contributed by atoms with Gasteiger partial charge in [0.2, 0.25) is 0 Å². The van der Waals surface area contributed by atoms with Gasteiger partial charge in [0.1, 0.15) is 5.75 Å². The van der Waals surface area contributed by atoms with Crippen LogP contribution in [-0.4, -0.2) is 22.8 Å². The number of ether oxygens (including phenoxy) is 1. The average Bonchev–Trinajstić information content (AvgIpc) is 3.19. The number of rotatable bonds is 7. The van der Waals surface area contributed by atoms with Crippen LogP contribution in [0.5, 0.6) is 5.75 Å². The third-order valence-corrected chi connectivity index (χ3v) is 5.88. The van der Waals surface area contributed by atoms with Crippen LogP contribution in [0.3, 0.4) is 0 Å². The van der Waals surface area contributed by atoms with Crippen molar-refractivity contribution in [2.45, 2.75) is 16.7 Å². The largest absolute Gasteiger partial charge is 0.497 e. The molecule has 4 rings (SSSR count). The highest BCUT2D eigenvalue weighted by Gasteiger charge is 2.06. The minimum atomic E-state index is -0.395. The van der Waals surface area contributed by atoms with Gasteiger partial charge in [-0.2, -0.15) is 0 Å². The Balaban J connectivity index is 1.43. The van der Waals surface area contributed by atoms with Gasteiger partial charge in [0.15, 0.2) is 0 Å². The predicted molar refractivity (Wildman–Crippen MR) is 128 cm³/mol. The lowest BCUT2D eigenvalue weighted by molar-refractivity contribution is -0.384. The maximum Gasteiger partial charge on any atom is 0.269 e. The third-order valence-electron chi connectivity index (χ3n) is 4.87. The maximum absolute atomic E-state index is 10.8. The van der Waals surface area contributed by atoms with E-state index in [9.17, 15) is 10.1 Å². The molecule has 32 heavy (non-hydrogen) atoms. The van der Waals surface area contributed by atoms with Crippen LogP contribution in [-0.2, 0) is 0 Å². The van der Waals surface area contributed by atoms with Crippen molar-refractivity contribution >= 4 is 29.4 Å². The van der Waals surface area contributed by atoms with Crippen molar-refractivity contribution in [3.63, 3.8) is 0 Å². The summed E-state index contributed by atoms with van der Waals surface area (Å²) in [4.78, 5) is 16.9. The van der Waals surface area contributed by atoms with E-state index < -0.39 is 4.92 Å². The number of aliphatic imine (C=N–C) groups is 1. The van der Waals surface area contributed by atoms with E-state index in [0.29, 0.717) is 0 Å². The molecule has 0 amide bonds. The number of nitro benzene ring substituents is 1. The molecule has 160 valence electrons. The van der Waals surface area contributed by atoms with Crippen molar-refractivity contribution < 1.29 is 9.66 Å². The number of non-ortho nitro benzene ring substituents is 1. The summed E-state index contributed by atoms with van der Waals surface area (Å²) in [7, 11) is 1.66. The van der Waals surface area contributed by atoms with Crippen molar-refractivity contribution in [2.75, 3.05) is 7.11 Å². The zero-order chi connectivity index (χ0) is 22.5. The molecule has 0 bridgehead atoms. The number of nitrogens with zero attached hydrogens (tertiary/aromatic N) is 3. The van der Waals surface area contributed by atoms with E-state index >= 15 is 0 Å². The van der Waals surface area contributed by atoms with Gasteiger partial charge in [-0.05, 0) is 73.7 Å². The molecule has 0 aliphatic heterocycles. The van der Waals surface area contributed by atoms with Crippen LogP contribution in [0, 0.1) is 17.0 Å². The standard InChI is InChI=1S/C25H21N3O3S/c1-18-15-19(17-27(18)21-5-9-23(31-2)10-6-21)16-26-20-3-11-24(12-4-20)32-25-13-7-22(8-14-25)28(29)30/h3-17H,1-2H3. The minimum Gasteiger partial charge on any atom is -0.497 e. The SMILES string of the molecule is COc1ccc(-n2cc(C=Nc3ccc(Sc4ccc([N+](=O)[O-])cc4)cc3)cc2C)cc1. The van der Waals surface area contributed by atoms with Gasteiger partial charge in [-0.25, -0.2) is 0 Å². The van der Waals surface area contributed by atoms with E-state index in [0.717, 1.165) is 38.2 Å². The van der Waals surface area contributed by atoms with E-state index in [2.05, 4.69) is 28.7 Å². The summed E-state index contributed by atoms with van der Waals surface area (Å²) in [5.41, 5.74) is 4.15. The van der Waals surface area contributed by atoms with Gasteiger partial charge in [-0.15, -0.1) is 0 Å². The Kier molecular flexibility index (Phi) is 6.37. The van der Waals surface area contributed by atoms with Crippen molar-refractivity contribution in [3.8, 4) is 11.4 Å². The van der Waals surface area contributed by atoms with E-state index in [1.807, 2.05) is 54.7 Å². The van der Waals surface area contributed by atoms with Gasteiger partial charge >= 0.3 is 0 Å². The number of hydrogen-bond donors (Lipinski definition) is 0. The first-order valence-electron chi connectivity index (χ1n) is 9.92. The first kappa shape index (κ1) is 21.4. The maximum atomic E-state index is 10.8. The molecule has 4 aromatic rings. The number of aromatic nitrogens is 1. The second-order valence-corrected chi connectivity index (χ2v) is 8.23. The van der Waals surface area contributed by atoms with Crippen molar-refractivity contribution in [3.05, 3.63) is 106 Å². The summed E-state index contributed by atoms with van der Waals surface area (Å²) in [6.07, 6.45) is 3.91. The molecule has 0 atom stereocenters. The number of hydrogen-bond acceptors (Lipinski definition) is 5. The highest BCUT2D eigenvalue weighted by Crippen LogP contribution is 2.30. The summed E-state index contributed by atoms with van der Waals surface area (Å²) in [5.74, 6) is 0.829. The number of nitro groups is 1. The Labute approximate surface area is 190 Å². The molecule has 3 aromatic carbocycles. The van der Waals surface area contributed by atoms with Crippen LogP contribution < -0.4 is 4.74 Å². The normalized spacial score (nSPS) is 11.1. The lowest BCUT2D eigenvalue weighted by Gasteiger charge is -2.06. The topological polar surface area (TPSA) is 69.7 Å². The van der Waals surface area contributed by atoms with E-state index in [4.69, 9.17) is 4.74 Å².